The van der Waals surface area contributed by atoms with Crippen LogP contribution in [-0.2, 0) is 18.4 Å². The molecule has 3 rings (SSSR count). The predicted molar refractivity (Wildman–Crippen MR) is 106 cm³/mol. The van der Waals surface area contributed by atoms with Gasteiger partial charge < -0.3 is 19.6 Å². The maximum atomic E-state index is 12.6. The number of hydrogen-bond donors (Lipinski definition) is 1. The molecular weight excluding hydrogens is 362 g/mol. The Balaban J connectivity index is 1.94. The van der Waals surface area contributed by atoms with E-state index in [1.807, 2.05) is 34.6 Å². The van der Waals surface area contributed by atoms with Gasteiger partial charge in [-0.25, -0.2) is 9.31 Å². The molecule has 0 radical (unpaired) electrons. The second kappa shape index (κ2) is 7.12. The Morgan fingerprint density at radius 1 is 1.25 bits per heavy atom. The van der Waals surface area contributed by atoms with Crippen molar-refractivity contribution in [3.63, 3.8) is 0 Å². The summed E-state index contributed by atoms with van der Waals surface area (Å²) < 4.78 is 8.71. The zero-order valence-electron chi connectivity index (χ0n) is 17.3. The van der Waals surface area contributed by atoms with Gasteiger partial charge in [0, 0.05) is 44.4 Å². The highest BCUT2D eigenvalue weighted by Crippen LogP contribution is 2.25. The van der Waals surface area contributed by atoms with Gasteiger partial charge in [0.05, 0.1) is 12.3 Å². The van der Waals surface area contributed by atoms with Gasteiger partial charge in [-0.3, -0.25) is 9.36 Å². The Hall–Kier alpha value is -2.55. The third kappa shape index (κ3) is 3.71. The Bertz CT molecular complexity index is 942. The highest BCUT2D eigenvalue weighted by Gasteiger charge is 2.35. The van der Waals surface area contributed by atoms with Crippen molar-refractivity contribution in [3.05, 3.63) is 28.2 Å². The fourth-order valence-corrected chi connectivity index (χ4v) is 3.51. The molecule has 2 aromatic rings. The van der Waals surface area contributed by atoms with Crippen molar-refractivity contribution < 1.29 is 14.6 Å². The molecule has 0 aliphatic carbocycles. The molecule has 0 spiro atoms. The maximum absolute atomic E-state index is 12.6. The number of aryl methyl sites for hydroxylation is 1. The molecule has 1 aliphatic heterocycles. The summed E-state index contributed by atoms with van der Waals surface area (Å²) in [5.41, 5.74) is 0.405. The van der Waals surface area contributed by atoms with E-state index in [4.69, 9.17) is 4.74 Å². The van der Waals surface area contributed by atoms with Crippen molar-refractivity contribution in [1.29, 1.82) is 0 Å². The van der Waals surface area contributed by atoms with E-state index in [-0.39, 0.29) is 30.3 Å². The number of amides is 1. The quantitative estimate of drug-likeness (QED) is 0.831. The molecule has 1 saturated heterocycles. The summed E-state index contributed by atoms with van der Waals surface area (Å²) in [6.07, 6.45) is -0.331. The average molecular weight is 391 g/mol. The minimum Gasteiger partial charge on any atom is -0.444 e. The van der Waals surface area contributed by atoms with Crippen LogP contribution in [0.1, 0.15) is 40.3 Å². The number of fused-ring (bicyclic) bond motifs is 1. The maximum Gasteiger partial charge on any atom is 0.410 e. The van der Waals surface area contributed by atoms with E-state index in [0.717, 1.165) is 0 Å². The molecule has 1 N–H and O–H groups in total. The predicted octanol–water partition coefficient (Wildman–Crippen LogP) is 1.36. The van der Waals surface area contributed by atoms with Crippen LogP contribution >= 0.6 is 0 Å². The second-order valence-electron chi connectivity index (χ2n) is 8.45. The van der Waals surface area contributed by atoms with Crippen molar-refractivity contribution in [2.75, 3.05) is 18.0 Å². The first-order valence-corrected chi connectivity index (χ1v) is 9.47. The summed E-state index contributed by atoms with van der Waals surface area (Å²) in [5, 5.41) is 13.9. The second-order valence-corrected chi connectivity index (χ2v) is 8.45. The molecule has 0 saturated carbocycles. The number of aromatic nitrogens is 3. The Kier molecular flexibility index (Phi) is 5.14. The van der Waals surface area contributed by atoms with E-state index in [1.54, 1.807) is 28.6 Å². The van der Waals surface area contributed by atoms with Crippen LogP contribution in [0.2, 0.25) is 0 Å². The molecule has 1 fully saturated rings. The molecule has 1 aliphatic rings. The van der Waals surface area contributed by atoms with Crippen molar-refractivity contribution >= 4 is 17.6 Å². The fourth-order valence-electron chi connectivity index (χ4n) is 3.51. The van der Waals surface area contributed by atoms with E-state index in [0.29, 0.717) is 30.2 Å². The van der Waals surface area contributed by atoms with Gasteiger partial charge in [0.2, 0.25) is 0 Å². The van der Waals surface area contributed by atoms with Crippen molar-refractivity contribution in [3.8, 4) is 0 Å². The lowest BCUT2D eigenvalue weighted by atomic mass is 10.1. The number of aliphatic hydroxyl groups is 1. The van der Waals surface area contributed by atoms with Gasteiger partial charge in [0.1, 0.15) is 17.1 Å². The van der Waals surface area contributed by atoms with Crippen LogP contribution in [0.3, 0.4) is 0 Å². The highest BCUT2D eigenvalue weighted by atomic mass is 16.6. The van der Waals surface area contributed by atoms with Gasteiger partial charge in [-0.2, -0.15) is 5.10 Å². The van der Waals surface area contributed by atoms with Gasteiger partial charge >= 0.3 is 6.09 Å². The number of carbonyl (C=O) groups excluding carboxylic acids is 1. The van der Waals surface area contributed by atoms with Crippen LogP contribution in [0.4, 0.5) is 10.6 Å². The minimum atomic E-state index is -0.551. The number of ether oxygens (including phenoxy) is 1. The Morgan fingerprint density at radius 2 is 1.93 bits per heavy atom. The summed E-state index contributed by atoms with van der Waals surface area (Å²) in [7, 11) is 1.68. The molecule has 28 heavy (non-hydrogen) atoms. The highest BCUT2D eigenvalue weighted by molar-refractivity contribution is 5.69. The van der Waals surface area contributed by atoms with Crippen LogP contribution in [-0.4, -0.2) is 61.1 Å². The first-order chi connectivity index (χ1) is 13.0. The number of hydrogen-bond acceptors (Lipinski definition) is 6. The zero-order valence-corrected chi connectivity index (χ0v) is 17.3. The van der Waals surface area contributed by atoms with E-state index < -0.39 is 5.60 Å². The number of nitrogens with zero attached hydrogens (tertiary/aromatic N) is 5. The molecule has 2 atom stereocenters. The molecular formula is C19H29N5O4. The average Bonchev–Trinajstić information content (AvgIpc) is 3.03. The lowest BCUT2D eigenvalue weighted by Crippen LogP contribution is -2.59. The Morgan fingerprint density at radius 3 is 2.54 bits per heavy atom. The van der Waals surface area contributed by atoms with Crippen LogP contribution in [0.25, 0.3) is 5.65 Å². The van der Waals surface area contributed by atoms with Gasteiger partial charge in [0.15, 0.2) is 0 Å². The third-order valence-corrected chi connectivity index (χ3v) is 4.96. The molecule has 154 valence electrons. The smallest absolute Gasteiger partial charge is 0.410 e. The van der Waals surface area contributed by atoms with E-state index in [1.165, 1.54) is 4.57 Å². The van der Waals surface area contributed by atoms with E-state index in [2.05, 4.69) is 10.00 Å². The van der Waals surface area contributed by atoms with E-state index >= 15 is 0 Å². The van der Waals surface area contributed by atoms with Crippen molar-refractivity contribution in [2.24, 2.45) is 7.05 Å². The topological polar surface area (TPSA) is 92.3 Å². The lowest BCUT2D eigenvalue weighted by Gasteiger charge is -2.45. The first kappa shape index (κ1) is 20.2. The monoisotopic (exact) mass is 391 g/mol. The third-order valence-electron chi connectivity index (χ3n) is 4.96. The zero-order chi connectivity index (χ0) is 20.8. The van der Waals surface area contributed by atoms with Crippen LogP contribution in [0.15, 0.2) is 16.9 Å². The summed E-state index contributed by atoms with van der Waals surface area (Å²) in [6.45, 7) is 10.3. The number of aliphatic hydroxyl groups excluding tert-OH is 1. The molecule has 0 aromatic carbocycles. The standard InChI is InChI=1S/C19H29N5O4/c1-12-10-23(18(27)28-19(3,4)5)13(2)9-22(12)16-8-17(26)21(6)15-7-14(11-25)20-24(15)16/h7-8,12-13,25H,9-11H2,1-6H3/t12-,13+/m0/s1. The number of carbonyl (C=O) groups is 1. The van der Waals surface area contributed by atoms with E-state index in [9.17, 15) is 14.7 Å². The number of rotatable bonds is 2. The van der Waals surface area contributed by atoms with Gasteiger partial charge in [-0.1, -0.05) is 0 Å². The lowest BCUT2D eigenvalue weighted by molar-refractivity contribution is 0.0129. The molecule has 2 aromatic heterocycles. The summed E-state index contributed by atoms with van der Waals surface area (Å²) in [4.78, 5) is 28.8. The molecule has 1 amide bonds. The minimum absolute atomic E-state index is 0.0409. The van der Waals surface area contributed by atoms with Crippen molar-refractivity contribution in [1.82, 2.24) is 19.1 Å². The van der Waals surface area contributed by atoms with Gasteiger partial charge in [-0.05, 0) is 34.6 Å². The molecule has 3 heterocycles. The van der Waals surface area contributed by atoms with Crippen LogP contribution < -0.4 is 10.5 Å². The SMILES string of the molecule is C[C@@H]1CN(c2cc(=O)n(C)c3cc(CO)nn23)[C@@H](C)CN1C(=O)OC(C)(C)C. The molecule has 9 nitrogen and oxygen atoms in total. The van der Waals surface area contributed by atoms with Gasteiger partial charge in [-0.15, -0.1) is 0 Å². The summed E-state index contributed by atoms with van der Waals surface area (Å²) >= 11 is 0. The van der Waals surface area contributed by atoms with Crippen molar-refractivity contribution in [2.45, 2.75) is 58.9 Å². The molecule has 9 heteroatoms. The number of piperazine rings is 1. The van der Waals surface area contributed by atoms with Crippen LogP contribution in [0.5, 0.6) is 0 Å². The largest absolute Gasteiger partial charge is 0.444 e. The van der Waals surface area contributed by atoms with Gasteiger partial charge in [0.25, 0.3) is 5.56 Å². The summed E-state index contributed by atoms with van der Waals surface area (Å²) in [6, 6.07) is 3.11. The fraction of sp³-hybridized carbons (Fsp3) is 0.632. The molecule has 0 unspecified atom stereocenters. The summed E-state index contributed by atoms with van der Waals surface area (Å²) in [5.74, 6) is 0.654. The number of anilines is 1. The normalized spacial score (nSPS) is 20.7. The first-order valence-electron chi connectivity index (χ1n) is 9.47. The molecule has 0 bridgehead atoms. The Labute approximate surface area is 164 Å². The van der Waals surface area contributed by atoms with Crippen LogP contribution in [0, 0.1) is 0 Å².